The molecule has 0 spiro atoms. The zero-order valence-corrected chi connectivity index (χ0v) is 12.7. The van der Waals surface area contributed by atoms with E-state index in [1.54, 1.807) is 0 Å². The van der Waals surface area contributed by atoms with Gasteiger partial charge < -0.3 is 5.11 Å². The summed E-state index contributed by atoms with van der Waals surface area (Å²) in [5.74, 6) is 0.720. The average Bonchev–Trinajstić information content (AvgIpc) is 2.56. The Morgan fingerprint density at radius 2 is 1.53 bits per heavy atom. The second-order valence-corrected chi connectivity index (χ2v) is 6.42. The van der Waals surface area contributed by atoms with E-state index < -0.39 is 0 Å². The lowest BCUT2D eigenvalue weighted by atomic mass is 9.87. The van der Waals surface area contributed by atoms with Crippen LogP contribution < -0.4 is 0 Å². The summed E-state index contributed by atoms with van der Waals surface area (Å²) in [5.41, 5.74) is 4.97. The predicted molar refractivity (Wildman–Crippen MR) is 81.4 cm³/mol. The fourth-order valence-corrected chi connectivity index (χ4v) is 3.75. The lowest BCUT2D eigenvalue weighted by Crippen LogP contribution is -2.10. The summed E-state index contributed by atoms with van der Waals surface area (Å²) in [7, 11) is 0. The first-order valence-corrected chi connectivity index (χ1v) is 7.83. The van der Waals surface area contributed by atoms with Crippen LogP contribution in [0.1, 0.15) is 73.3 Å². The Labute approximate surface area is 118 Å². The van der Waals surface area contributed by atoms with Gasteiger partial charge in [-0.2, -0.15) is 0 Å². The third kappa shape index (κ3) is 3.82. The molecule has 1 fully saturated rings. The Bertz CT molecular complexity index is 391. The number of hydrogen-bond acceptors (Lipinski definition) is 1. The molecule has 1 aliphatic carbocycles. The van der Waals surface area contributed by atoms with Gasteiger partial charge in [-0.3, -0.25) is 0 Å². The molecule has 2 rings (SSSR count). The van der Waals surface area contributed by atoms with Gasteiger partial charge in [0.05, 0.1) is 6.10 Å². The minimum absolute atomic E-state index is 0.274. The SMILES string of the molecule is Cc1cc(C)c(C(O)CC2CCCCCC2)c(C)c1. The molecule has 1 aromatic carbocycles. The van der Waals surface area contributed by atoms with Crippen molar-refractivity contribution in [3.05, 3.63) is 34.4 Å². The highest BCUT2D eigenvalue weighted by molar-refractivity contribution is 5.38. The van der Waals surface area contributed by atoms with Crippen LogP contribution in [0.4, 0.5) is 0 Å². The molecule has 19 heavy (non-hydrogen) atoms. The Hall–Kier alpha value is -0.820. The quantitative estimate of drug-likeness (QED) is 0.758. The Balaban J connectivity index is 2.08. The highest BCUT2D eigenvalue weighted by Crippen LogP contribution is 2.33. The Kier molecular flexibility index (Phi) is 5.04. The van der Waals surface area contributed by atoms with E-state index in [4.69, 9.17) is 0 Å². The van der Waals surface area contributed by atoms with Crippen LogP contribution in [0, 0.1) is 26.7 Å². The van der Waals surface area contributed by atoms with E-state index in [0.717, 1.165) is 12.3 Å². The van der Waals surface area contributed by atoms with Crippen molar-refractivity contribution in [1.82, 2.24) is 0 Å². The molecule has 1 N–H and O–H groups in total. The van der Waals surface area contributed by atoms with E-state index in [2.05, 4.69) is 32.9 Å². The van der Waals surface area contributed by atoms with Crippen molar-refractivity contribution in [2.45, 2.75) is 71.8 Å². The molecule has 0 amide bonds. The minimum Gasteiger partial charge on any atom is -0.388 e. The minimum atomic E-state index is -0.274. The number of aliphatic hydroxyl groups excluding tert-OH is 1. The Morgan fingerprint density at radius 3 is 2.05 bits per heavy atom. The monoisotopic (exact) mass is 260 g/mol. The van der Waals surface area contributed by atoms with Crippen LogP contribution in [0.25, 0.3) is 0 Å². The maximum Gasteiger partial charge on any atom is 0.0797 e. The standard InChI is InChI=1S/C18H28O/c1-13-10-14(2)18(15(3)11-13)17(19)12-16-8-6-4-5-7-9-16/h10-11,16-17,19H,4-9,12H2,1-3H3. The van der Waals surface area contributed by atoms with Crippen LogP contribution in [0.2, 0.25) is 0 Å². The second kappa shape index (κ2) is 6.56. The molecule has 1 nitrogen and oxygen atoms in total. The van der Waals surface area contributed by atoms with Crippen LogP contribution >= 0.6 is 0 Å². The largest absolute Gasteiger partial charge is 0.388 e. The van der Waals surface area contributed by atoms with Gasteiger partial charge in [0, 0.05) is 0 Å². The molecule has 1 atom stereocenters. The molecule has 106 valence electrons. The van der Waals surface area contributed by atoms with Crippen molar-refractivity contribution in [2.75, 3.05) is 0 Å². The second-order valence-electron chi connectivity index (χ2n) is 6.42. The zero-order valence-electron chi connectivity index (χ0n) is 12.7. The van der Waals surface area contributed by atoms with Gasteiger partial charge in [0.25, 0.3) is 0 Å². The Morgan fingerprint density at radius 1 is 1.00 bits per heavy atom. The van der Waals surface area contributed by atoms with Gasteiger partial charge in [-0.15, -0.1) is 0 Å². The normalized spacial score (nSPS) is 19.2. The van der Waals surface area contributed by atoms with E-state index in [-0.39, 0.29) is 6.10 Å². The number of aliphatic hydroxyl groups is 1. The topological polar surface area (TPSA) is 20.2 Å². The van der Waals surface area contributed by atoms with Gasteiger partial charge in [-0.25, -0.2) is 0 Å². The van der Waals surface area contributed by atoms with Gasteiger partial charge in [0.15, 0.2) is 0 Å². The molecule has 1 saturated carbocycles. The number of rotatable bonds is 3. The van der Waals surface area contributed by atoms with E-state index in [0.29, 0.717) is 0 Å². The summed E-state index contributed by atoms with van der Waals surface area (Å²) in [6, 6.07) is 4.39. The predicted octanol–water partition coefficient (Wildman–Crippen LogP) is 5.01. The number of hydrogen-bond donors (Lipinski definition) is 1. The van der Waals surface area contributed by atoms with Gasteiger partial charge in [0.2, 0.25) is 0 Å². The first-order chi connectivity index (χ1) is 9.08. The van der Waals surface area contributed by atoms with E-state index in [9.17, 15) is 5.11 Å². The lowest BCUT2D eigenvalue weighted by Gasteiger charge is -2.22. The molecule has 0 radical (unpaired) electrons. The molecule has 0 heterocycles. The molecule has 0 bridgehead atoms. The van der Waals surface area contributed by atoms with Gasteiger partial charge in [-0.1, -0.05) is 56.2 Å². The van der Waals surface area contributed by atoms with Crippen LogP contribution in [-0.2, 0) is 0 Å². The molecular formula is C18H28O. The van der Waals surface area contributed by atoms with Crippen molar-refractivity contribution in [2.24, 2.45) is 5.92 Å². The first kappa shape index (κ1) is 14.6. The average molecular weight is 260 g/mol. The third-order valence-corrected chi connectivity index (χ3v) is 4.60. The summed E-state index contributed by atoms with van der Waals surface area (Å²) in [6.07, 6.45) is 8.76. The smallest absolute Gasteiger partial charge is 0.0797 e. The molecule has 0 aromatic heterocycles. The summed E-state index contributed by atoms with van der Waals surface area (Å²) in [4.78, 5) is 0. The van der Waals surface area contributed by atoms with Crippen molar-refractivity contribution < 1.29 is 5.11 Å². The van der Waals surface area contributed by atoms with Gasteiger partial charge >= 0.3 is 0 Å². The molecule has 1 aromatic rings. The van der Waals surface area contributed by atoms with Gasteiger partial charge in [0.1, 0.15) is 0 Å². The number of aryl methyl sites for hydroxylation is 3. The van der Waals surface area contributed by atoms with Crippen molar-refractivity contribution >= 4 is 0 Å². The van der Waals surface area contributed by atoms with E-state index in [1.807, 2.05) is 0 Å². The highest BCUT2D eigenvalue weighted by Gasteiger charge is 2.20. The summed E-state index contributed by atoms with van der Waals surface area (Å²) in [5, 5.41) is 10.6. The maximum absolute atomic E-state index is 10.6. The molecule has 1 aliphatic rings. The fraction of sp³-hybridized carbons (Fsp3) is 0.667. The zero-order chi connectivity index (χ0) is 13.8. The molecule has 1 unspecified atom stereocenters. The molecule has 0 saturated heterocycles. The van der Waals surface area contributed by atoms with Crippen LogP contribution in [-0.4, -0.2) is 5.11 Å². The highest BCUT2D eigenvalue weighted by atomic mass is 16.3. The van der Waals surface area contributed by atoms with Crippen LogP contribution in [0.3, 0.4) is 0 Å². The third-order valence-electron chi connectivity index (χ3n) is 4.60. The van der Waals surface area contributed by atoms with Crippen molar-refractivity contribution in [3.63, 3.8) is 0 Å². The summed E-state index contributed by atoms with van der Waals surface area (Å²) < 4.78 is 0. The van der Waals surface area contributed by atoms with Crippen LogP contribution in [0.5, 0.6) is 0 Å². The van der Waals surface area contributed by atoms with E-state index in [1.165, 1.54) is 60.8 Å². The summed E-state index contributed by atoms with van der Waals surface area (Å²) in [6.45, 7) is 6.39. The first-order valence-electron chi connectivity index (χ1n) is 7.83. The number of benzene rings is 1. The van der Waals surface area contributed by atoms with Crippen molar-refractivity contribution in [1.29, 1.82) is 0 Å². The van der Waals surface area contributed by atoms with Gasteiger partial charge in [-0.05, 0) is 49.8 Å². The molecule has 1 heteroatoms. The lowest BCUT2D eigenvalue weighted by molar-refractivity contribution is 0.138. The maximum atomic E-state index is 10.6. The molecular weight excluding hydrogens is 232 g/mol. The fourth-order valence-electron chi connectivity index (χ4n) is 3.75. The molecule has 0 aliphatic heterocycles. The van der Waals surface area contributed by atoms with Crippen molar-refractivity contribution in [3.8, 4) is 0 Å². The van der Waals surface area contributed by atoms with Crippen LogP contribution in [0.15, 0.2) is 12.1 Å². The summed E-state index contributed by atoms with van der Waals surface area (Å²) >= 11 is 0. The van der Waals surface area contributed by atoms with E-state index >= 15 is 0 Å².